The highest BCUT2D eigenvalue weighted by atomic mass is 16.3. The first-order valence-electron chi connectivity index (χ1n) is 6.11. The van der Waals surface area contributed by atoms with E-state index in [1.807, 2.05) is 6.08 Å². The van der Waals surface area contributed by atoms with Crippen molar-refractivity contribution in [1.29, 1.82) is 0 Å². The molecule has 0 radical (unpaired) electrons. The quantitative estimate of drug-likeness (QED) is 0.653. The van der Waals surface area contributed by atoms with Crippen LogP contribution in [0.25, 0.3) is 0 Å². The molecule has 15 heavy (non-hydrogen) atoms. The number of allylic oxidation sites excluding steroid dienone is 1. The molecule has 84 valence electrons. The topological polar surface area (TPSA) is 20.2 Å². The first kappa shape index (κ1) is 10.9. The summed E-state index contributed by atoms with van der Waals surface area (Å²) in [4.78, 5) is 0. The number of hydrogen-bond donors (Lipinski definition) is 1. The summed E-state index contributed by atoms with van der Waals surface area (Å²) in [5.41, 5.74) is 1.15. The average Bonchev–Trinajstić information content (AvgIpc) is 2.16. The lowest BCUT2D eigenvalue weighted by molar-refractivity contribution is 0.0688. The Balaban J connectivity index is 2.22. The largest absolute Gasteiger partial charge is 0.388 e. The number of hydrogen-bond acceptors (Lipinski definition) is 1. The van der Waals surface area contributed by atoms with Gasteiger partial charge in [-0.15, -0.1) is 0 Å². The highest BCUT2D eigenvalue weighted by Gasteiger charge is 2.38. The van der Waals surface area contributed by atoms with E-state index in [2.05, 4.69) is 26.5 Å². The zero-order chi connectivity index (χ0) is 11.0. The summed E-state index contributed by atoms with van der Waals surface area (Å²) < 4.78 is 0. The van der Waals surface area contributed by atoms with Gasteiger partial charge in [0.1, 0.15) is 0 Å². The molecule has 0 spiro atoms. The number of rotatable bonds is 1. The summed E-state index contributed by atoms with van der Waals surface area (Å²) in [6.45, 7) is 8.44. The Labute approximate surface area is 92.9 Å². The molecule has 5 atom stereocenters. The fourth-order valence-corrected chi connectivity index (χ4v) is 3.39. The molecule has 0 amide bonds. The van der Waals surface area contributed by atoms with Gasteiger partial charge in [0.15, 0.2) is 0 Å². The van der Waals surface area contributed by atoms with E-state index in [0.29, 0.717) is 17.8 Å². The molecular formula is C14H22O. The molecule has 0 saturated heterocycles. The van der Waals surface area contributed by atoms with Crippen molar-refractivity contribution in [2.75, 3.05) is 0 Å². The van der Waals surface area contributed by atoms with Crippen LogP contribution in [-0.4, -0.2) is 11.2 Å². The van der Waals surface area contributed by atoms with Crippen molar-refractivity contribution < 1.29 is 5.11 Å². The van der Waals surface area contributed by atoms with Crippen molar-refractivity contribution in [3.8, 4) is 0 Å². The van der Waals surface area contributed by atoms with Crippen molar-refractivity contribution in [1.82, 2.24) is 0 Å². The highest BCUT2D eigenvalue weighted by molar-refractivity contribution is 5.15. The van der Waals surface area contributed by atoms with Crippen molar-refractivity contribution in [2.45, 2.75) is 39.2 Å². The van der Waals surface area contributed by atoms with Gasteiger partial charge in [-0.05, 0) is 37.5 Å². The van der Waals surface area contributed by atoms with Crippen molar-refractivity contribution >= 4 is 0 Å². The molecule has 0 bridgehead atoms. The van der Waals surface area contributed by atoms with Crippen LogP contribution in [0.2, 0.25) is 0 Å². The van der Waals surface area contributed by atoms with E-state index < -0.39 is 0 Å². The number of fused-ring (bicyclic) bond motifs is 1. The minimum absolute atomic E-state index is 0.294. The van der Waals surface area contributed by atoms with Crippen LogP contribution >= 0.6 is 0 Å². The zero-order valence-electron chi connectivity index (χ0n) is 9.82. The number of aliphatic hydroxyl groups excluding tert-OH is 1. The van der Waals surface area contributed by atoms with Gasteiger partial charge in [-0.1, -0.05) is 37.6 Å². The van der Waals surface area contributed by atoms with Crippen LogP contribution in [0.15, 0.2) is 24.3 Å². The SMILES string of the molecule is C=C(C)[C@H]1[C@@H]2C[C@@H](C)CC[C@H]2C=C[C@H]1O. The summed E-state index contributed by atoms with van der Waals surface area (Å²) in [6, 6.07) is 0. The lowest BCUT2D eigenvalue weighted by atomic mass is 9.63. The first-order chi connectivity index (χ1) is 7.09. The predicted octanol–water partition coefficient (Wildman–Crippen LogP) is 3.16. The second kappa shape index (κ2) is 4.13. The summed E-state index contributed by atoms with van der Waals surface area (Å²) in [7, 11) is 0. The van der Waals surface area contributed by atoms with Crippen LogP contribution in [0.1, 0.15) is 33.1 Å². The second-order valence-electron chi connectivity index (χ2n) is 5.49. The third-order valence-corrected chi connectivity index (χ3v) is 4.17. The molecule has 0 aromatic heterocycles. The van der Waals surface area contributed by atoms with Gasteiger partial charge in [-0.25, -0.2) is 0 Å². The monoisotopic (exact) mass is 206 g/mol. The molecule has 1 fully saturated rings. The molecule has 0 unspecified atom stereocenters. The van der Waals surface area contributed by atoms with E-state index >= 15 is 0 Å². The highest BCUT2D eigenvalue weighted by Crippen LogP contribution is 2.44. The Kier molecular flexibility index (Phi) is 3.01. The third kappa shape index (κ3) is 2.03. The van der Waals surface area contributed by atoms with Crippen molar-refractivity contribution in [3.05, 3.63) is 24.3 Å². The van der Waals surface area contributed by atoms with Gasteiger partial charge < -0.3 is 5.11 Å². The Morgan fingerprint density at radius 2 is 2.07 bits per heavy atom. The summed E-state index contributed by atoms with van der Waals surface area (Å²) in [5, 5.41) is 10.0. The van der Waals surface area contributed by atoms with E-state index in [1.165, 1.54) is 19.3 Å². The van der Waals surface area contributed by atoms with Gasteiger partial charge in [-0.3, -0.25) is 0 Å². The lowest BCUT2D eigenvalue weighted by Gasteiger charge is -2.43. The molecule has 0 aromatic rings. The van der Waals surface area contributed by atoms with Crippen LogP contribution < -0.4 is 0 Å². The molecule has 2 aliphatic rings. The van der Waals surface area contributed by atoms with Crippen LogP contribution in [0.4, 0.5) is 0 Å². The molecular weight excluding hydrogens is 184 g/mol. The van der Waals surface area contributed by atoms with Gasteiger partial charge >= 0.3 is 0 Å². The van der Waals surface area contributed by atoms with Crippen molar-refractivity contribution in [2.24, 2.45) is 23.7 Å². The van der Waals surface area contributed by atoms with E-state index in [-0.39, 0.29) is 6.10 Å². The molecule has 0 heterocycles. The minimum atomic E-state index is -0.297. The third-order valence-electron chi connectivity index (χ3n) is 4.17. The van der Waals surface area contributed by atoms with E-state index in [0.717, 1.165) is 11.5 Å². The minimum Gasteiger partial charge on any atom is -0.388 e. The fourth-order valence-electron chi connectivity index (χ4n) is 3.39. The van der Waals surface area contributed by atoms with Crippen LogP contribution in [0.5, 0.6) is 0 Å². The maximum atomic E-state index is 10.0. The van der Waals surface area contributed by atoms with Gasteiger partial charge in [0.2, 0.25) is 0 Å². The molecule has 1 saturated carbocycles. The Morgan fingerprint density at radius 1 is 1.33 bits per heavy atom. The van der Waals surface area contributed by atoms with Crippen LogP contribution in [-0.2, 0) is 0 Å². The molecule has 1 N–H and O–H groups in total. The Morgan fingerprint density at radius 3 is 2.73 bits per heavy atom. The molecule has 0 aromatic carbocycles. The smallest absolute Gasteiger partial charge is 0.0788 e. The molecule has 2 rings (SSSR count). The Hall–Kier alpha value is -0.560. The predicted molar refractivity (Wildman–Crippen MR) is 63.4 cm³/mol. The van der Waals surface area contributed by atoms with E-state index in [4.69, 9.17) is 0 Å². The van der Waals surface area contributed by atoms with Gasteiger partial charge in [-0.2, -0.15) is 0 Å². The van der Waals surface area contributed by atoms with Crippen molar-refractivity contribution in [3.63, 3.8) is 0 Å². The van der Waals surface area contributed by atoms with Gasteiger partial charge in [0.25, 0.3) is 0 Å². The number of aliphatic hydroxyl groups is 1. The summed E-state index contributed by atoms with van der Waals surface area (Å²) in [5.74, 6) is 2.42. The van der Waals surface area contributed by atoms with Gasteiger partial charge in [0.05, 0.1) is 6.10 Å². The van der Waals surface area contributed by atoms with E-state index in [9.17, 15) is 5.11 Å². The van der Waals surface area contributed by atoms with Crippen LogP contribution in [0.3, 0.4) is 0 Å². The first-order valence-corrected chi connectivity index (χ1v) is 6.11. The second-order valence-corrected chi connectivity index (χ2v) is 5.49. The Bertz CT molecular complexity index is 279. The fraction of sp³-hybridized carbons (Fsp3) is 0.714. The molecule has 2 aliphatic carbocycles. The van der Waals surface area contributed by atoms with Crippen LogP contribution in [0, 0.1) is 23.7 Å². The standard InChI is InChI=1S/C14H22O/c1-9(2)14-12-8-10(3)4-5-11(12)6-7-13(14)15/h6-7,10-15H,1,4-5,8H2,2-3H3/t10-,11-,12+,13+,14-/m0/s1. The molecule has 1 nitrogen and oxygen atoms in total. The van der Waals surface area contributed by atoms with E-state index in [1.54, 1.807) is 0 Å². The maximum Gasteiger partial charge on any atom is 0.0788 e. The lowest BCUT2D eigenvalue weighted by Crippen LogP contribution is -2.38. The molecule has 1 heteroatoms. The average molecular weight is 206 g/mol. The summed E-state index contributed by atoms with van der Waals surface area (Å²) >= 11 is 0. The molecule has 0 aliphatic heterocycles. The maximum absolute atomic E-state index is 10.0. The normalized spacial score (nSPS) is 44.9. The zero-order valence-corrected chi connectivity index (χ0v) is 9.82. The van der Waals surface area contributed by atoms with Gasteiger partial charge in [0, 0.05) is 5.92 Å². The summed E-state index contributed by atoms with van der Waals surface area (Å²) in [6.07, 6.45) is 7.80.